The van der Waals surface area contributed by atoms with Crippen molar-refractivity contribution < 1.29 is 4.92 Å². The van der Waals surface area contributed by atoms with Crippen LogP contribution in [-0.2, 0) is 0 Å². The average Bonchev–Trinajstić information content (AvgIpc) is 2.47. The maximum absolute atomic E-state index is 10.7. The van der Waals surface area contributed by atoms with E-state index in [-0.39, 0.29) is 10.7 Å². The molecule has 21 heavy (non-hydrogen) atoms. The van der Waals surface area contributed by atoms with Crippen LogP contribution in [0, 0.1) is 10.1 Å². The van der Waals surface area contributed by atoms with Gasteiger partial charge in [0.1, 0.15) is 5.15 Å². The molecule has 7 heteroatoms. The van der Waals surface area contributed by atoms with E-state index < -0.39 is 4.92 Å². The third-order valence-corrected chi connectivity index (χ3v) is 3.56. The van der Waals surface area contributed by atoms with Gasteiger partial charge in [-0.3, -0.25) is 10.1 Å². The number of non-ortho nitro benzene ring substituents is 1. The quantitative estimate of drug-likeness (QED) is 0.396. The molecule has 1 heterocycles. The molecule has 0 aliphatic rings. The van der Waals surface area contributed by atoms with Crippen LogP contribution in [0.25, 0.3) is 22.3 Å². The standard InChI is InChI=1S/C14H7Cl2N3O2/c15-11-7-8(19(20)21)5-6-9(11)14-17-12-4-2-1-3-10(12)13(16)18-14/h1-7H. The zero-order valence-corrected chi connectivity index (χ0v) is 12.0. The Morgan fingerprint density at radius 3 is 2.52 bits per heavy atom. The second-order valence-corrected chi connectivity index (χ2v) is 5.04. The van der Waals surface area contributed by atoms with Crippen molar-refractivity contribution in [2.24, 2.45) is 0 Å². The Morgan fingerprint density at radius 2 is 1.81 bits per heavy atom. The molecule has 0 unspecified atom stereocenters. The van der Waals surface area contributed by atoms with Crippen LogP contribution in [0.5, 0.6) is 0 Å². The third kappa shape index (κ3) is 2.53. The third-order valence-electron chi connectivity index (χ3n) is 2.96. The van der Waals surface area contributed by atoms with Crippen molar-refractivity contribution in [2.75, 3.05) is 0 Å². The van der Waals surface area contributed by atoms with E-state index in [4.69, 9.17) is 23.2 Å². The van der Waals surface area contributed by atoms with E-state index in [9.17, 15) is 10.1 Å². The van der Waals surface area contributed by atoms with Crippen molar-refractivity contribution in [3.8, 4) is 11.4 Å². The fourth-order valence-electron chi connectivity index (χ4n) is 1.96. The minimum Gasteiger partial charge on any atom is -0.258 e. The Kier molecular flexibility index (Phi) is 3.45. The first kappa shape index (κ1) is 13.7. The second kappa shape index (κ2) is 5.27. The summed E-state index contributed by atoms with van der Waals surface area (Å²) >= 11 is 12.2. The van der Waals surface area contributed by atoms with Gasteiger partial charge in [0.05, 0.1) is 15.5 Å². The molecule has 0 N–H and O–H groups in total. The number of nitrogens with zero attached hydrogens (tertiary/aromatic N) is 3. The summed E-state index contributed by atoms with van der Waals surface area (Å²) in [6, 6.07) is 11.4. The number of para-hydroxylation sites is 1. The van der Waals surface area contributed by atoms with Gasteiger partial charge >= 0.3 is 0 Å². The fourth-order valence-corrected chi connectivity index (χ4v) is 2.46. The summed E-state index contributed by atoms with van der Waals surface area (Å²) in [6.07, 6.45) is 0. The topological polar surface area (TPSA) is 68.9 Å². The molecule has 5 nitrogen and oxygen atoms in total. The molecule has 104 valence electrons. The van der Waals surface area contributed by atoms with Gasteiger partial charge in [-0.15, -0.1) is 0 Å². The molecule has 0 aliphatic heterocycles. The highest BCUT2D eigenvalue weighted by Gasteiger charge is 2.14. The average molecular weight is 320 g/mol. The van der Waals surface area contributed by atoms with Gasteiger partial charge in [0.15, 0.2) is 5.82 Å². The van der Waals surface area contributed by atoms with Gasteiger partial charge in [-0.1, -0.05) is 35.3 Å². The lowest BCUT2D eigenvalue weighted by Gasteiger charge is -2.06. The van der Waals surface area contributed by atoms with Gasteiger partial charge < -0.3 is 0 Å². The van der Waals surface area contributed by atoms with E-state index in [1.54, 1.807) is 0 Å². The van der Waals surface area contributed by atoms with Crippen LogP contribution in [-0.4, -0.2) is 14.9 Å². The number of nitro groups is 1. The highest BCUT2D eigenvalue weighted by Crippen LogP contribution is 2.31. The smallest absolute Gasteiger partial charge is 0.258 e. The minimum absolute atomic E-state index is 0.0874. The summed E-state index contributed by atoms with van der Waals surface area (Å²) in [5, 5.41) is 12.0. The van der Waals surface area contributed by atoms with Crippen LogP contribution in [0.15, 0.2) is 42.5 Å². The molecule has 0 radical (unpaired) electrons. The van der Waals surface area contributed by atoms with Crippen molar-refractivity contribution in [2.45, 2.75) is 0 Å². The molecule has 3 aromatic rings. The van der Waals surface area contributed by atoms with Crippen molar-refractivity contribution in [3.05, 3.63) is 62.8 Å². The normalized spacial score (nSPS) is 10.8. The summed E-state index contributed by atoms with van der Waals surface area (Å²) in [5.74, 6) is 0.332. The van der Waals surface area contributed by atoms with E-state index in [2.05, 4.69) is 9.97 Å². The molecular weight excluding hydrogens is 313 g/mol. The van der Waals surface area contributed by atoms with Crippen LogP contribution in [0.4, 0.5) is 5.69 Å². The molecular formula is C14H7Cl2N3O2. The Balaban J connectivity index is 2.19. The van der Waals surface area contributed by atoms with Gasteiger partial charge in [0.2, 0.25) is 0 Å². The van der Waals surface area contributed by atoms with Gasteiger partial charge in [-0.05, 0) is 18.2 Å². The van der Waals surface area contributed by atoms with E-state index >= 15 is 0 Å². The highest BCUT2D eigenvalue weighted by atomic mass is 35.5. The monoisotopic (exact) mass is 319 g/mol. The maximum Gasteiger partial charge on any atom is 0.270 e. The first-order chi connectivity index (χ1) is 10.1. The van der Waals surface area contributed by atoms with Crippen LogP contribution < -0.4 is 0 Å². The summed E-state index contributed by atoms with van der Waals surface area (Å²) in [7, 11) is 0. The second-order valence-electron chi connectivity index (χ2n) is 4.28. The summed E-state index contributed by atoms with van der Waals surface area (Å²) in [4.78, 5) is 18.8. The Bertz CT molecular complexity index is 868. The number of rotatable bonds is 2. The van der Waals surface area contributed by atoms with Gasteiger partial charge in [0.25, 0.3) is 5.69 Å². The predicted octanol–water partition coefficient (Wildman–Crippen LogP) is 4.51. The highest BCUT2D eigenvalue weighted by molar-refractivity contribution is 6.35. The lowest BCUT2D eigenvalue weighted by Crippen LogP contribution is -1.94. The molecule has 0 spiro atoms. The number of halogens is 2. The first-order valence-corrected chi connectivity index (χ1v) is 6.68. The maximum atomic E-state index is 10.7. The molecule has 0 saturated carbocycles. The number of hydrogen-bond donors (Lipinski definition) is 0. The van der Waals surface area contributed by atoms with E-state index in [0.29, 0.717) is 22.1 Å². The van der Waals surface area contributed by atoms with Crippen LogP contribution in [0.1, 0.15) is 0 Å². The predicted molar refractivity (Wildman–Crippen MR) is 81.6 cm³/mol. The van der Waals surface area contributed by atoms with Crippen molar-refractivity contribution in [1.82, 2.24) is 9.97 Å². The zero-order chi connectivity index (χ0) is 15.0. The summed E-state index contributed by atoms with van der Waals surface area (Å²) < 4.78 is 0. The molecule has 0 aliphatic carbocycles. The Morgan fingerprint density at radius 1 is 1.05 bits per heavy atom. The van der Waals surface area contributed by atoms with Crippen molar-refractivity contribution >= 4 is 39.8 Å². The molecule has 0 bridgehead atoms. The van der Waals surface area contributed by atoms with Crippen LogP contribution >= 0.6 is 23.2 Å². The van der Waals surface area contributed by atoms with Crippen molar-refractivity contribution in [1.29, 1.82) is 0 Å². The minimum atomic E-state index is -0.510. The largest absolute Gasteiger partial charge is 0.270 e. The molecule has 0 atom stereocenters. The Labute approximate surface area is 129 Å². The fraction of sp³-hybridized carbons (Fsp3) is 0. The van der Waals surface area contributed by atoms with Gasteiger partial charge in [-0.25, -0.2) is 9.97 Å². The van der Waals surface area contributed by atoms with Crippen molar-refractivity contribution in [3.63, 3.8) is 0 Å². The van der Waals surface area contributed by atoms with E-state index in [1.807, 2.05) is 24.3 Å². The Hall–Kier alpha value is -2.24. The molecule has 2 aromatic carbocycles. The zero-order valence-electron chi connectivity index (χ0n) is 10.5. The van der Waals surface area contributed by atoms with E-state index in [0.717, 1.165) is 5.39 Å². The molecule has 0 amide bonds. The van der Waals surface area contributed by atoms with E-state index in [1.165, 1.54) is 18.2 Å². The molecule has 1 aromatic heterocycles. The molecule has 0 fully saturated rings. The molecule has 0 saturated heterocycles. The molecule has 3 rings (SSSR count). The first-order valence-electron chi connectivity index (χ1n) is 5.93. The number of aromatic nitrogens is 2. The van der Waals surface area contributed by atoms with Gasteiger partial charge in [0, 0.05) is 23.1 Å². The summed E-state index contributed by atoms with van der Waals surface area (Å²) in [6.45, 7) is 0. The lowest BCUT2D eigenvalue weighted by molar-refractivity contribution is -0.384. The van der Waals surface area contributed by atoms with Crippen LogP contribution in [0.3, 0.4) is 0 Å². The van der Waals surface area contributed by atoms with Crippen LogP contribution in [0.2, 0.25) is 10.2 Å². The number of hydrogen-bond acceptors (Lipinski definition) is 4. The SMILES string of the molecule is O=[N+]([O-])c1ccc(-c2nc(Cl)c3ccccc3n2)c(Cl)c1. The number of nitro benzene ring substituents is 1. The summed E-state index contributed by atoms with van der Waals surface area (Å²) in [5.41, 5.74) is 1.09. The number of benzene rings is 2. The lowest BCUT2D eigenvalue weighted by atomic mass is 10.1. The van der Waals surface area contributed by atoms with Gasteiger partial charge in [-0.2, -0.15) is 0 Å². The number of fused-ring (bicyclic) bond motifs is 1.